The van der Waals surface area contributed by atoms with Gasteiger partial charge in [-0.1, -0.05) is 121 Å². The zero-order chi connectivity index (χ0) is 32.8. The number of rotatable bonds is 8. The molecule has 2 aromatic heterocycles. The molecule has 2 heterocycles. The van der Waals surface area contributed by atoms with Crippen LogP contribution in [0.1, 0.15) is 0 Å². The third kappa shape index (κ3) is 6.76. The molecule has 232 valence electrons. The highest BCUT2D eigenvalue weighted by atomic mass is 16.5. The minimum absolute atomic E-state index is 0.692. The Bertz CT molecular complexity index is 2020. The van der Waals surface area contributed by atoms with Gasteiger partial charge in [0.05, 0.1) is 22.8 Å². The Morgan fingerprint density at radius 1 is 0.265 bits per heavy atom. The third-order valence-electron chi connectivity index (χ3n) is 8.37. The molecule has 8 aromatic rings. The summed E-state index contributed by atoms with van der Waals surface area (Å²) in [5.74, 6) is 2.18. The molecule has 0 aliphatic rings. The average molecular weight is 630 g/mol. The van der Waals surface area contributed by atoms with E-state index >= 15 is 0 Å². The second-order valence-electron chi connectivity index (χ2n) is 11.7. The first kappa shape index (κ1) is 29.7. The Balaban J connectivity index is 1.06. The van der Waals surface area contributed by atoms with Crippen LogP contribution in [0.5, 0.6) is 11.5 Å². The Kier molecular flexibility index (Phi) is 8.25. The number of pyridine rings is 1. The molecule has 4 heteroatoms. The summed E-state index contributed by atoms with van der Waals surface area (Å²) in [5.41, 5.74) is 11.0. The third-order valence-corrected chi connectivity index (χ3v) is 8.37. The van der Waals surface area contributed by atoms with Crippen LogP contribution in [-0.4, -0.2) is 15.0 Å². The molecule has 4 nitrogen and oxygen atoms in total. The summed E-state index contributed by atoms with van der Waals surface area (Å²) < 4.78 is 6.28. The topological polar surface area (TPSA) is 47.9 Å². The van der Waals surface area contributed by atoms with E-state index in [1.165, 1.54) is 0 Å². The Morgan fingerprint density at radius 3 is 1.04 bits per heavy atom. The molecule has 0 bridgehead atoms. The standard InChI is InChI=1S/C45H31N3O/c1-5-13-32(14-6-1)38-29-41(33-15-7-2-8-16-33)46-42(30-38)35-21-25-39(26-22-35)49-40-27-23-36(24-28-40)44-31-43(34-17-9-3-10-18-34)47-45(48-44)37-19-11-4-12-20-37/h1-31H. The van der Waals surface area contributed by atoms with E-state index in [0.29, 0.717) is 5.82 Å². The number of hydrogen-bond acceptors (Lipinski definition) is 4. The first-order valence-corrected chi connectivity index (χ1v) is 16.3. The van der Waals surface area contributed by atoms with E-state index in [9.17, 15) is 0 Å². The van der Waals surface area contributed by atoms with Gasteiger partial charge in [0.1, 0.15) is 11.5 Å². The molecule has 0 unspecified atom stereocenters. The molecule has 49 heavy (non-hydrogen) atoms. The second-order valence-corrected chi connectivity index (χ2v) is 11.7. The van der Waals surface area contributed by atoms with E-state index in [1.807, 2.05) is 115 Å². The highest BCUT2D eigenvalue weighted by molar-refractivity contribution is 5.77. The maximum Gasteiger partial charge on any atom is 0.160 e. The van der Waals surface area contributed by atoms with Gasteiger partial charge in [-0.3, -0.25) is 0 Å². The predicted molar refractivity (Wildman–Crippen MR) is 199 cm³/mol. The second kappa shape index (κ2) is 13.6. The van der Waals surface area contributed by atoms with Gasteiger partial charge in [0.2, 0.25) is 0 Å². The van der Waals surface area contributed by atoms with Gasteiger partial charge in [0, 0.05) is 27.8 Å². The minimum atomic E-state index is 0.692. The number of hydrogen-bond donors (Lipinski definition) is 0. The monoisotopic (exact) mass is 629 g/mol. The van der Waals surface area contributed by atoms with Crippen LogP contribution >= 0.6 is 0 Å². The van der Waals surface area contributed by atoms with Gasteiger partial charge in [0.15, 0.2) is 5.82 Å². The van der Waals surface area contributed by atoms with E-state index in [-0.39, 0.29) is 0 Å². The molecule has 0 saturated heterocycles. The first-order valence-electron chi connectivity index (χ1n) is 16.3. The summed E-state index contributed by atoms with van der Waals surface area (Å²) in [6.45, 7) is 0. The van der Waals surface area contributed by atoms with Gasteiger partial charge < -0.3 is 4.74 Å². The van der Waals surface area contributed by atoms with E-state index < -0.39 is 0 Å². The Labute approximate surface area is 286 Å². The molecular weight excluding hydrogens is 599 g/mol. The smallest absolute Gasteiger partial charge is 0.160 e. The van der Waals surface area contributed by atoms with Crippen LogP contribution in [0.15, 0.2) is 188 Å². The maximum atomic E-state index is 6.28. The van der Waals surface area contributed by atoms with Crippen molar-refractivity contribution in [3.05, 3.63) is 188 Å². The first-order chi connectivity index (χ1) is 24.2. The van der Waals surface area contributed by atoms with Crippen LogP contribution in [0.25, 0.3) is 67.5 Å². The summed E-state index contributed by atoms with van der Waals surface area (Å²) in [5, 5.41) is 0. The molecule has 0 saturated carbocycles. The maximum absolute atomic E-state index is 6.28. The number of benzene rings is 6. The number of aromatic nitrogens is 3. The van der Waals surface area contributed by atoms with E-state index in [2.05, 4.69) is 72.8 Å². The van der Waals surface area contributed by atoms with Crippen molar-refractivity contribution in [3.8, 4) is 79.0 Å². The van der Waals surface area contributed by atoms with Crippen molar-refractivity contribution >= 4 is 0 Å². The van der Waals surface area contributed by atoms with Crippen molar-refractivity contribution in [1.82, 2.24) is 15.0 Å². The summed E-state index contributed by atoms with van der Waals surface area (Å²) in [6, 6.07) is 63.5. The molecule has 0 atom stereocenters. The van der Waals surface area contributed by atoms with Crippen molar-refractivity contribution < 1.29 is 4.74 Å². The van der Waals surface area contributed by atoms with E-state index in [1.54, 1.807) is 0 Å². The van der Waals surface area contributed by atoms with Gasteiger partial charge in [-0.05, 0) is 77.9 Å². The molecule has 0 N–H and O–H groups in total. The minimum Gasteiger partial charge on any atom is -0.457 e. The molecule has 0 aliphatic carbocycles. The highest BCUT2D eigenvalue weighted by Crippen LogP contribution is 2.33. The summed E-state index contributed by atoms with van der Waals surface area (Å²) in [4.78, 5) is 14.9. The lowest BCUT2D eigenvalue weighted by atomic mass is 10.00. The summed E-state index contributed by atoms with van der Waals surface area (Å²) in [7, 11) is 0. The quantitative estimate of drug-likeness (QED) is 0.168. The van der Waals surface area contributed by atoms with Gasteiger partial charge in [0.25, 0.3) is 0 Å². The largest absolute Gasteiger partial charge is 0.457 e. The lowest BCUT2D eigenvalue weighted by Gasteiger charge is -2.12. The van der Waals surface area contributed by atoms with Gasteiger partial charge in [-0.25, -0.2) is 15.0 Å². The SMILES string of the molecule is c1ccc(-c2cc(-c3ccccc3)nc(-c3ccc(Oc4ccc(-c5cc(-c6ccccc6)nc(-c6ccccc6)n5)cc4)cc3)c2)cc1. The summed E-state index contributed by atoms with van der Waals surface area (Å²) >= 11 is 0. The Hall–Kier alpha value is -6.65. The van der Waals surface area contributed by atoms with Crippen LogP contribution in [0.3, 0.4) is 0 Å². The molecule has 0 amide bonds. The lowest BCUT2D eigenvalue weighted by Crippen LogP contribution is -1.95. The summed E-state index contributed by atoms with van der Waals surface area (Å²) in [6.07, 6.45) is 0. The molecule has 8 rings (SSSR count). The zero-order valence-corrected chi connectivity index (χ0v) is 26.6. The predicted octanol–water partition coefficient (Wildman–Crippen LogP) is 11.7. The lowest BCUT2D eigenvalue weighted by molar-refractivity contribution is 0.483. The van der Waals surface area contributed by atoms with Crippen molar-refractivity contribution in [2.45, 2.75) is 0 Å². The fraction of sp³-hybridized carbons (Fsp3) is 0. The van der Waals surface area contributed by atoms with E-state index in [0.717, 1.165) is 73.2 Å². The molecule has 0 aliphatic heterocycles. The molecule has 0 radical (unpaired) electrons. The van der Waals surface area contributed by atoms with Crippen LogP contribution in [-0.2, 0) is 0 Å². The van der Waals surface area contributed by atoms with Crippen LogP contribution in [0, 0.1) is 0 Å². The normalized spacial score (nSPS) is 10.9. The fourth-order valence-corrected chi connectivity index (χ4v) is 5.82. The molecule has 6 aromatic carbocycles. The van der Waals surface area contributed by atoms with Gasteiger partial charge in [-0.15, -0.1) is 0 Å². The van der Waals surface area contributed by atoms with Gasteiger partial charge in [-0.2, -0.15) is 0 Å². The molecular formula is C45H31N3O. The number of ether oxygens (including phenoxy) is 1. The fourth-order valence-electron chi connectivity index (χ4n) is 5.82. The van der Waals surface area contributed by atoms with E-state index in [4.69, 9.17) is 19.7 Å². The van der Waals surface area contributed by atoms with Crippen molar-refractivity contribution in [2.24, 2.45) is 0 Å². The average Bonchev–Trinajstić information content (AvgIpc) is 3.19. The van der Waals surface area contributed by atoms with Crippen LogP contribution < -0.4 is 4.74 Å². The Morgan fingerprint density at radius 2 is 0.612 bits per heavy atom. The van der Waals surface area contributed by atoms with Gasteiger partial charge >= 0.3 is 0 Å². The van der Waals surface area contributed by atoms with Crippen molar-refractivity contribution in [1.29, 1.82) is 0 Å². The number of nitrogens with zero attached hydrogens (tertiary/aromatic N) is 3. The molecule has 0 spiro atoms. The van der Waals surface area contributed by atoms with Crippen molar-refractivity contribution in [2.75, 3.05) is 0 Å². The van der Waals surface area contributed by atoms with Crippen LogP contribution in [0.4, 0.5) is 0 Å². The highest BCUT2D eigenvalue weighted by Gasteiger charge is 2.12. The zero-order valence-electron chi connectivity index (χ0n) is 26.6. The molecule has 0 fully saturated rings. The van der Waals surface area contributed by atoms with Crippen molar-refractivity contribution in [3.63, 3.8) is 0 Å². The van der Waals surface area contributed by atoms with Crippen LogP contribution in [0.2, 0.25) is 0 Å².